The van der Waals surface area contributed by atoms with Gasteiger partial charge in [-0.15, -0.1) is 0 Å². The number of likely N-dealkylation sites (tertiary alicyclic amines) is 1. The van der Waals surface area contributed by atoms with Gasteiger partial charge in [-0.05, 0) is 67.3 Å². The number of aromatic amines is 2. The molecule has 49 heavy (non-hydrogen) atoms. The number of carbonyl (C=O) groups excluding carboxylic acids is 1. The maximum Gasteiger partial charge on any atom is 0.305 e. The van der Waals surface area contributed by atoms with Gasteiger partial charge in [0.15, 0.2) is 0 Å². The summed E-state index contributed by atoms with van der Waals surface area (Å²) in [5.74, 6) is 0.642. The maximum atomic E-state index is 14.7. The van der Waals surface area contributed by atoms with Gasteiger partial charge in [0.05, 0.1) is 34.0 Å². The molecule has 11 nitrogen and oxygen atoms in total. The summed E-state index contributed by atoms with van der Waals surface area (Å²) in [6, 6.07) is 16.1. The zero-order valence-electron chi connectivity index (χ0n) is 27.2. The summed E-state index contributed by atoms with van der Waals surface area (Å²) < 4.78 is 21.5. The van der Waals surface area contributed by atoms with Crippen molar-refractivity contribution in [2.45, 2.75) is 50.4 Å². The van der Waals surface area contributed by atoms with Gasteiger partial charge in [-0.25, -0.2) is 9.37 Å². The van der Waals surface area contributed by atoms with Gasteiger partial charge in [-0.2, -0.15) is 0 Å². The number of H-pyrrole nitrogens is 2. The number of amides is 1. The molecule has 2 saturated heterocycles. The van der Waals surface area contributed by atoms with E-state index in [1.54, 1.807) is 18.2 Å². The zero-order chi connectivity index (χ0) is 34.0. The Morgan fingerprint density at radius 3 is 2.73 bits per heavy atom. The number of nitrogens with zero attached hydrogens (tertiary/aromatic N) is 3. The zero-order valence-corrected chi connectivity index (χ0v) is 28.0. The first kappa shape index (κ1) is 33.4. The van der Waals surface area contributed by atoms with Crippen LogP contribution in [0.3, 0.4) is 0 Å². The number of aliphatic hydroxyl groups is 1. The lowest BCUT2D eigenvalue weighted by atomic mass is 9.89. The molecule has 2 aliphatic rings. The number of ether oxygens (including phenoxy) is 1. The summed E-state index contributed by atoms with van der Waals surface area (Å²) >= 11 is 0.953. The number of hydrogen-bond acceptors (Lipinski definition) is 9. The standard InChI is InChI=1S/C36H41FN6O5S/c37-25-18-23(9-12-38-20-30(45)26-5-6-29(44)33-34(26)49-35(47)41-33)17-24(19-25)21-42-13-10-36(11-14-42)22-43(15-16-48-36)32(46)8-7-31-39-27-3-1-2-4-28(27)40-31/h1-6,17-19,30,38,44-45H,7-16,20-22H2,(H,39,40)(H,41,47)/t30-/m0/s1. The van der Waals surface area contributed by atoms with Gasteiger partial charge in [0.1, 0.15) is 22.9 Å². The summed E-state index contributed by atoms with van der Waals surface area (Å²) in [5.41, 5.74) is 4.22. The number of morpholine rings is 1. The number of aromatic nitrogens is 3. The van der Waals surface area contributed by atoms with Gasteiger partial charge >= 0.3 is 4.87 Å². The number of aryl methyl sites for hydroxylation is 1. The lowest BCUT2D eigenvalue weighted by Crippen LogP contribution is -2.57. The largest absolute Gasteiger partial charge is 0.506 e. The second-order valence-corrected chi connectivity index (χ2v) is 14.1. The summed E-state index contributed by atoms with van der Waals surface area (Å²) in [6.45, 7) is 4.72. The van der Waals surface area contributed by atoms with Crippen LogP contribution in [-0.4, -0.2) is 92.3 Å². The maximum absolute atomic E-state index is 14.7. The lowest BCUT2D eigenvalue weighted by Gasteiger charge is -2.47. The van der Waals surface area contributed by atoms with Crippen molar-refractivity contribution in [2.75, 3.05) is 45.9 Å². The summed E-state index contributed by atoms with van der Waals surface area (Å²) in [7, 11) is 0. The number of phenolic OH excluding ortho intramolecular Hbond substituents is 1. The smallest absolute Gasteiger partial charge is 0.305 e. The minimum Gasteiger partial charge on any atom is -0.506 e. The van der Waals surface area contributed by atoms with Gasteiger partial charge in [-0.3, -0.25) is 14.5 Å². The van der Waals surface area contributed by atoms with E-state index in [4.69, 9.17) is 4.74 Å². The topological polar surface area (TPSA) is 147 Å². The van der Waals surface area contributed by atoms with E-state index in [-0.39, 0.29) is 34.5 Å². The molecule has 1 amide bonds. The number of hydrogen-bond donors (Lipinski definition) is 5. The van der Waals surface area contributed by atoms with E-state index in [0.29, 0.717) is 67.8 Å². The molecule has 0 aliphatic carbocycles. The van der Waals surface area contributed by atoms with Gasteiger partial charge in [-0.1, -0.05) is 35.6 Å². The van der Waals surface area contributed by atoms with E-state index >= 15 is 0 Å². The van der Waals surface area contributed by atoms with E-state index < -0.39 is 6.10 Å². The van der Waals surface area contributed by atoms with Crippen LogP contribution >= 0.6 is 11.3 Å². The number of phenols is 1. The van der Waals surface area contributed by atoms with Crippen LogP contribution in [0.25, 0.3) is 21.3 Å². The fourth-order valence-electron chi connectivity index (χ4n) is 7.08. The highest BCUT2D eigenvalue weighted by Crippen LogP contribution is 2.32. The summed E-state index contributed by atoms with van der Waals surface area (Å²) in [5, 5.41) is 24.0. The van der Waals surface area contributed by atoms with E-state index in [2.05, 4.69) is 25.2 Å². The Morgan fingerprint density at radius 1 is 1.08 bits per heavy atom. The normalized spacial score (nSPS) is 17.3. The average molecular weight is 689 g/mol. The molecule has 5 aromatic rings. The van der Waals surface area contributed by atoms with Crippen molar-refractivity contribution in [1.29, 1.82) is 0 Å². The molecule has 1 spiro atoms. The number of nitrogens with one attached hydrogen (secondary N) is 3. The van der Waals surface area contributed by atoms with Gasteiger partial charge in [0.2, 0.25) is 5.91 Å². The molecule has 1 atom stereocenters. The van der Waals surface area contributed by atoms with Crippen LogP contribution in [0.5, 0.6) is 5.75 Å². The van der Waals surface area contributed by atoms with Crippen LogP contribution in [0.4, 0.5) is 4.39 Å². The van der Waals surface area contributed by atoms with E-state index in [1.165, 1.54) is 6.07 Å². The Hall–Kier alpha value is -4.14. The average Bonchev–Trinajstić information content (AvgIpc) is 3.70. The second kappa shape index (κ2) is 14.4. The highest BCUT2D eigenvalue weighted by Gasteiger charge is 2.40. The molecule has 0 unspecified atom stereocenters. The Labute approximate surface area is 286 Å². The fraction of sp³-hybridized carbons (Fsp3) is 0.417. The number of thiazole rings is 1. The summed E-state index contributed by atoms with van der Waals surface area (Å²) in [4.78, 5) is 39.5. The van der Waals surface area contributed by atoms with Crippen molar-refractivity contribution in [2.24, 2.45) is 0 Å². The third kappa shape index (κ3) is 7.71. The Bertz CT molecular complexity index is 1970. The molecule has 2 aliphatic heterocycles. The third-order valence-electron chi connectivity index (χ3n) is 9.68. The first-order valence-corrected chi connectivity index (χ1v) is 17.6. The Morgan fingerprint density at radius 2 is 1.90 bits per heavy atom. The van der Waals surface area contributed by atoms with Crippen LogP contribution < -0.4 is 10.2 Å². The van der Waals surface area contributed by atoms with Crippen molar-refractivity contribution in [1.82, 2.24) is 30.1 Å². The lowest BCUT2D eigenvalue weighted by molar-refractivity contribution is -0.159. The number of aromatic hydroxyl groups is 1. The fourth-order valence-corrected chi connectivity index (χ4v) is 8.00. The van der Waals surface area contributed by atoms with Crippen LogP contribution in [0, 0.1) is 5.82 Å². The number of imidazole rings is 1. The monoisotopic (exact) mass is 688 g/mol. The van der Waals surface area contributed by atoms with Crippen LogP contribution in [0.1, 0.15) is 47.9 Å². The van der Waals surface area contributed by atoms with Crippen molar-refractivity contribution >= 4 is 38.5 Å². The molecule has 5 N–H and O–H groups in total. The molecule has 0 radical (unpaired) electrons. The molecule has 0 saturated carbocycles. The van der Waals surface area contributed by atoms with Crippen LogP contribution in [0.15, 0.2) is 59.4 Å². The number of fused-ring (bicyclic) bond motifs is 2. The molecule has 7 rings (SSSR count). The van der Waals surface area contributed by atoms with Gasteiger partial charge in [0, 0.05) is 57.7 Å². The number of para-hydroxylation sites is 2. The molecule has 2 fully saturated rings. The molecule has 258 valence electrons. The highest BCUT2D eigenvalue weighted by atomic mass is 32.1. The van der Waals surface area contributed by atoms with Gasteiger partial charge in [0.25, 0.3) is 0 Å². The number of benzene rings is 3. The van der Waals surface area contributed by atoms with E-state index in [0.717, 1.165) is 65.3 Å². The van der Waals surface area contributed by atoms with Crippen LogP contribution in [0.2, 0.25) is 0 Å². The quantitative estimate of drug-likeness (QED) is 0.131. The van der Waals surface area contributed by atoms with Gasteiger partial charge < -0.3 is 35.1 Å². The Balaban J connectivity index is 0.872. The molecular weight excluding hydrogens is 647 g/mol. The number of carbonyl (C=O) groups is 1. The number of halogens is 1. The molecular formula is C36H41FN6O5S. The molecule has 4 heterocycles. The summed E-state index contributed by atoms with van der Waals surface area (Å²) in [6.07, 6.45) is 2.29. The van der Waals surface area contributed by atoms with Crippen molar-refractivity contribution in [3.63, 3.8) is 0 Å². The number of aliphatic hydroxyl groups excluding tert-OH is 1. The minimum atomic E-state index is -0.874. The first-order chi connectivity index (χ1) is 23.7. The predicted molar refractivity (Wildman–Crippen MR) is 186 cm³/mol. The Kier molecular flexibility index (Phi) is 9.79. The molecule has 13 heteroatoms. The third-order valence-corrected chi connectivity index (χ3v) is 10.6. The number of rotatable bonds is 11. The molecule has 2 aromatic heterocycles. The van der Waals surface area contributed by atoms with Crippen LogP contribution in [-0.2, 0) is 28.9 Å². The van der Waals surface area contributed by atoms with Crippen molar-refractivity contribution in [3.8, 4) is 5.75 Å². The number of piperidine rings is 1. The SMILES string of the molecule is O=C(CCc1nc2ccccc2[nH]1)N1CCOC2(CCN(Cc3cc(F)cc(CCNC[C@H](O)c4ccc(O)c5[nH]c(=O)sc45)c3)CC2)C1. The van der Waals surface area contributed by atoms with E-state index in [9.17, 15) is 24.2 Å². The first-order valence-electron chi connectivity index (χ1n) is 16.8. The van der Waals surface area contributed by atoms with Crippen molar-refractivity contribution in [3.05, 3.63) is 92.6 Å². The highest BCUT2D eigenvalue weighted by molar-refractivity contribution is 7.16. The predicted octanol–water partition coefficient (Wildman–Crippen LogP) is 4.00. The van der Waals surface area contributed by atoms with Crippen molar-refractivity contribution < 1.29 is 24.1 Å². The molecule has 0 bridgehead atoms. The second-order valence-electron chi connectivity index (χ2n) is 13.2. The van der Waals surface area contributed by atoms with E-state index in [1.807, 2.05) is 35.2 Å². The molecule has 3 aromatic carbocycles. The minimum absolute atomic E-state index is 0.0318.